The van der Waals surface area contributed by atoms with Crippen LogP contribution in [0.3, 0.4) is 0 Å². The Kier molecular flexibility index (Phi) is 8.87. The van der Waals surface area contributed by atoms with Gasteiger partial charge in [0.1, 0.15) is 5.58 Å². The van der Waals surface area contributed by atoms with E-state index in [0.717, 1.165) is 50.1 Å². The minimum Gasteiger partial charge on any atom is -0.454 e. The van der Waals surface area contributed by atoms with Crippen molar-refractivity contribution in [2.24, 2.45) is 0 Å². The first kappa shape index (κ1) is 35.2. The molecule has 0 unspecified atom stereocenters. The van der Waals surface area contributed by atoms with Gasteiger partial charge < -0.3 is 9.32 Å². The van der Waals surface area contributed by atoms with E-state index in [2.05, 4.69) is 229 Å². The molecule has 2 heteroatoms. The molecule has 282 valence electrons. The van der Waals surface area contributed by atoms with Crippen LogP contribution in [-0.2, 0) is 0 Å². The molecule has 1 heterocycles. The highest BCUT2D eigenvalue weighted by Gasteiger charge is 2.20. The summed E-state index contributed by atoms with van der Waals surface area (Å²) in [7, 11) is 0. The van der Waals surface area contributed by atoms with E-state index in [1.54, 1.807) is 0 Å². The summed E-state index contributed by atoms with van der Waals surface area (Å²) in [4.78, 5) is 2.32. The summed E-state index contributed by atoms with van der Waals surface area (Å²) in [6.45, 7) is 0. The predicted molar refractivity (Wildman–Crippen MR) is 253 cm³/mol. The fourth-order valence-corrected chi connectivity index (χ4v) is 8.58. The third kappa shape index (κ3) is 6.61. The Bertz CT molecular complexity index is 3230. The van der Waals surface area contributed by atoms with Crippen molar-refractivity contribution >= 4 is 49.8 Å². The predicted octanol–water partition coefficient (Wildman–Crippen LogP) is 16.5. The summed E-state index contributed by atoms with van der Waals surface area (Å²) in [6.07, 6.45) is 0. The number of hydrogen-bond acceptors (Lipinski definition) is 2. The molecule has 0 saturated heterocycles. The van der Waals surface area contributed by atoms with Crippen molar-refractivity contribution in [3.63, 3.8) is 0 Å². The van der Waals surface area contributed by atoms with Crippen LogP contribution >= 0.6 is 0 Å². The number of nitrogens with zero attached hydrogens (tertiary/aromatic N) is 1. The number of benzene rings is 10. The Morgan fingerprint density at radius 3 is 1.35 bits per heavy atom. The van der Waals surface area contributed by atoms with Crippen molar-refractivity contribution in [2.75, 3.05) is 4.90 Å². The zero-order valence-corrected chi connectivity index (χ0v) is 32.9. The Morgan fingerprint density at radius 1 is 0.267 bits per heavy atom. The number of anilines is 3. The van der Waals surface area contributed by atoms with Crippen LogP contribution in [0.1, 0.15) is 0 Å². The van der Waals surface area contributed by atoms with E-state index in [9.17, 15) is 0 Å². The summed E-state index contributed by atoms with van der Waals surface area (Å²) in [6, 6.07) is 84.9. The first-order chi connectivity index (χ1) is 29.7. The van der Waals surface area contributed by atoms with Crippen LogP contribution < -0.4 is 4.90 Å². The fourth-order valence-electron chi connectivity index (χ4n) is 8.58. The number of hydrogen-bond donors (Lipinski definition) is 0. The second-order valence-electron chi connectivity index (χ2n) is 15.4. The largest absolute Gasteiger partial charge is 0.454 e. The standard InChI is InChI=1S/C58H39NO/c1-3-13-40(14-4-1)49-37-50(41-15-5-2-6-16-41)39-51(38-49)44-29-33-53(34-30-44)59(56-23-12-22-55-54-21-9-10-24-57(54)60-58(55)56)52-31-27-43(28-32-52)46-19-11-20-47(35-46)48-26-25-42-17-7-8-18-45(42)36-48/h1-39H. The minimum atomic E-state index is 0.859. The van der Waals surface area contributed by atoms with Gasteiger partial charge in [-0.1, -0.05) is 170 Å². The van der Waals surface area contributed by atoms with Gasteiger partial charge in [0.15, 0.2) is 5.58 Å². The van der Waals surface area contributed by atoms with Crippen LogP contribution in [0.15, 0.2) is 241 Å². The van der Waals surface area contributed by atoms with Gasteiger partial charge >= 0.3 is 0 Å². The lowest BCUT2D eigenvalue weighted by molar-refractivity contribution is 0.669. The molecule has 0 radical (unpaired) electrons. The maximum atomic E-state index is 6.64. The van der Waals surface area contributed by atoms with Crippen molar-refractivity contribution in [3.8, 4) is 55.6 Å². The van der Waals surface area contributed by atoms with E-state index in [-0.39, 0.29) is 0 Å². The molecule has 0 aliphatic carbocycles. The molecule has 0 aliphatic rings. The topological polar surface area (TPSA) is 16.4 Å². The van der Waals surface area contributed by atoms with E-state index >= 15 is 0 Å². The van der Waals surface area contributed by atoms with Crippen LogP contribution in [0.2, 0.25) is 0 Å². The molecule has 0 fully saturated rings. The molecule has 0 saturated carbocycles. The second-order valence-corrected chi connectivity index (χ2v) is 15.4. The van der Waals surface area contributed by atoms with E-state index in [4.69, 9.17) is 4.42 Å². The van der Waals surface area contributed by atoms with Gasteiger partial charge in [-0.25, -0.2) is 0 Å². The monoisotopic (exact) mass is 765 g/mol. The molecule has 10 aromatic carbocycles. The molecular formula is C58H39NO. The molecule has 11 aromatic rings. The highest BCUT2D eigenvalue weighted by Crippen LogP contribution is 2.43. The molecule has 0 bridgehead atoms. The van der Waals surface area contributed by atoms with E-state index < -0.39 is 0 Å². The average molecular weight is 766 g/mol. The maximum Gasteiger partial charge on any atom is 0.159 e. The Morgan fingerprint density at radius 2 is 0.700 bits per heavy atom. The summed E-state index contributed by atoms with van der Waals surface area (Å²) in [5.74, 6) is 0. The molecule has 0 atom stereocenters. The molecule has 0 amide bonds. The van der Waals surface area contributed by atoms with Crippen molar-refractivity contribution < 1.29 is 4.42 Å². The van der Waals surface area contributed by atoms with Crippen LogP contribution in [0.5, 0.6) is 0 Å². The third-order valence-electron chi connectivity index (χ3n) is 11.6. The summed E-state index contributed by atoms with van der Waals surface area (Å²) in [5, 5.41) is 4.70. The molecule has 2 nitrogen and oxygen atoms in total. The Labute approximate surface area is 349 Å². The fraction of sp³-hybridized carbons (Fsp3) is 0. The van der Waals surface area contributed by atoms with Gasteiger partial charge in [0.05, 0.1) is 5.69 Å². The molecule has 1 aromatic heterocycles. The van der Waals surface area contributed by atoms with Crippen LogP contribution in [0, 0.1) is 0 Å². The van der Waals surface area contributed by atoms with Gasteiger partial charge in [-0.15, -0.1) is 0 Å². The quantitative estimate of drug-likeness (QED) is 0.153. The zero-order valence-electron chi connectivity index (χ0n) is 32.9. The second kappa shape index (κ2) is 15.1. The highest BCUT2D eigenvalue weighted by atomic mass is 16.3. The summed E-state index contributed by atoms with van der Waals surface area (Å²) >= 11 is 0. The van der Waals surface area contributed by atoms with E-state index in [1.165, 1.54) is 55.3 Å². The molecule has 0 spiro atoms. The van der Waals surface area contributed by atoms with Crippen molar-refractivity contribution in [2.45, 2.75) is 0 Å². The first-order valence-corrected chi connectivity index (χ1v) is 20.5. The average Bonchev–Trinajstić information content (AvgIpc) is 3.72. The molecule has 0 aliphatic heterocycles. The van der Waals surface area contributed by atoms with Gasteiger partial charge in [0.2, 0.25) is 0 Å². The zero-order chi connectivity index (χ0) is 39.8. The normalized spacial score (nSPS) is 11.3. The van der Waals surface area contributed by atoms with Crippen molar-refractivity contribution in [3.05, 3.63) is 237 Å². The Balaban J connectivity index is 0.998. The number of rotatable bonds is 8. The lowest BCUT2D eigenvalue weighted by Gasteiger charge is -2.26. The van der Waals surface area contributed by atoms with Gasteiger partial charge in [-0.3, -0.25) is 0 Å². The number of fused-ring (bicyclic) bond motifs is 4. The summed E-state index contributed by atoms with van der Waals surface area (Å²) in [5.41, 5.74) is 16.7. The third-order valence-corrected chi connectivity index (χ3v) is 11.6. The summed E-state index contributed by atoms with van der Waals surface area (Å²) < 4.78 is 6.64. The lowest BCUT2D eigenvalue weighted by Crippen LogP contribution is -2.10. The number of para-hydroxylation sites is 2. The SMILES string of the molecule is c1ccc(-c2cc(-c3ccccc3)cc(-c3ccc(N(c4ccc(-c5cccc(-c6ccc7ccccc7c6)c5)cc4)c4cccc5c4oc4ccccc45)cc3)c2)cc1. The van der Waals surface area contributed by atoms with E-state index in [1.807, 2.05) is 12.1 Å². The number of furan rings is 1. The van der Waals surface area contributed by atoms with Gasteiger partial charge in [-0.05, 0) is 133 Å². The maximum absolute atomic E-state index is 6.64. The van der Waals surface area contributed by atoms with Crippen LogP contribution in [0.25, 0.3) is 88.3 Å². The van der Waals surface area contributed by atoms with Gasteiger partial charge in [-0.2, -0.15) is 0 Å². The Hall–Kier alpha value is -7.94. The van der Waals surface area contributed by atoms with E-state index in [0.29, 0.717) is 0 Å². The van der Waals surface area contributed by atoms with Crippen molar-refractivity contribution in [1.29, 1.82) is 0 Å². The van der Waals surface area contributed by atoms with Gasteiger partial charge in [0.25, 0.3) is 0 Å². The first-order valence-electron chi connectivity index (χ1n) is 20.5. The molecule has 11 rings (SSSR count). The van der Waals surface area contributed by atoms with Crippen LogP contribution in [0.4, 0.5) is 17.1 Å². The van der Waals surface area contributed by atoms with Crippen molar-refractivity contribution in [1.82, 2.24) is 0 Å². The van der Waals surface area contributed by atoms with Gasteiger partial charge in [0, 0.05) is 22.1 Å². The smallest absolute Gasteiger partial charge is 0.159 e. The molecular weight excluding hydrogens is 727 g/mol. The molecule has 60 heavy (non-hydrogen) atoms. The lowest BCUT2D eigenvalue weighted by atomic mass is 9.93. The molecule has 0 N–H and O–H groups in total. The highest BCUT2D eigenvalue weighted by molar-refractivity contribution is 6.10. The minimum absolute atomic E-state index is 0.859. The van der Waals surface area contributed by atoms with Crippen LogP contribution in [-0.4, -0.2) is 0 Å².